The van der Waals surface area contributed by atoms with Crippen LogP contribution in [0.4, 0.5) is 4.39 Å². The number of carbonyl (C=O) groups excluding carboxylic acids is 1. The first-order chi connectivity index (χ1) is 10.5. The molecule has 0 spiro atoms. The summed E-state index contributed by atoms with van der Waals surface area (Å²) in [5, 5.41) is 2.83. The number of carbonyl (C=O) groups is 1. The van der Waals surface area contributed by atoms with Gasteiger partial charge in [-0.2, -0.15) is 4.31 Å². The van der Waals surface area contributed by atoms with Crippen LogP contribution in [0.25, 0.3) is 0 Å². The van der Waals surface area contributed by atoms with Crippen molar-refractivity contribution in [2.24, 2.45) is 5.92 Å². The highest BCUT2D eigenvalue weighted by molar-refractivity contribution is 8.00. The maximum Gasteiger partial charge on any atom is 0.244 e. The van der Waals surface area contributed by atoms with Crippen LogP contribution in [0, 0.1) is 11.7 Å². The van der Waals surface area contributed by atoms with E-state index < -0.39 is 21.9 Å². The van der Waals surface area contributed by atoms with E-state index in [9.17, 15) is 17.6 Å². The fourth-order valence-electron chi connectivity index (χ4n) is 2.30. The van der Waals surface area contributed by atoms with Gasteiger partial charge in [-0.05, 0) is 43.0 Å². The van der Waals surface area contributed by atoms with Gasteiger partial charge < -0.3 is 5.32 Å². The van der Waals surface area contributed by atoms with E-state index in [1.807, 2.05) is 0 Å². The van der Waals surface area contributed by atoms with Gasteiger partial charge in [0.15, 0.2) is 0 Å². The highest BCUT2D eigenvalue weighted by Crippen LogP contribution is 2.30. The Bertz CT molecular complexity index is 659. The lowest BCUT2D eigenvalue weighted by Gasteiger charge is -2.22. The maximum absolute atomic E-state index is 13.0. The predicted molar refractivity (Wildman–Crippen MR) is 82.3 cm³/mol. The monoisotopic (exact) mass is 344 g/mol. The summed E-state index contributed by atoms with van der Waals surface area (Å²) in [5.74, 6) is 0.481. The van der Waals surface area contributed by atoms with Crippen molar-refractivity contribution in [2.45, 2.75) is 23.8 Å². The molecule has 5 nitrogen and oxygen atoms in total. The Morgan fingerprint density at radius 2 is 2.00 bits per heavy atom. The zero-order chi connectivity index (χ0) is 15.7. The molecular formula is C14H17FN2O3S2. The van der Waals surface area contributed by atoms with Gasteiger partial charge in [-0.15, -0.1) is 11.8 Å². The lowest BCUT2D eigenvalue weighted by atomic mass is 10.3. The summed E-state index contributed by atoms with van der Waals surface area (Å²) >= 11 is 1.41. The Hall–Kier alpha value is -1.12. The van der Waals surface area contributed by atoms with Gasteiger partial charge in [0.1, 0.15) is 11.9 Å². The number of thioether (sulfide) groups is 1. The van der Waals surface area contributed by atoms with E-state index in [0.717, 1.165) is 25.0 Å². The Morgan fingerprint density at radius 1 is 1.32 bits per heavy atom. The fourth-order valence-corrected chi connectivity index (χ4v) is 5.45. The number of sulfonamides is 1. The third kappa shape index (κ3) is 3.28. The van der Waals surface area contributed by atoms with Crippen LogP contribution in [0.2, 0.25) is 0 Å². The first-order valence-corrected chi connectivity index (χ1v) is 9.71. The molecule has 1 atom stereocenters. The molecule has 0 radical (unpaired) electrons. The number of nitrogens with one attached hydrogen (secondary N) is 1. The van der Waals surface area contributed by atoms with Crippen LogP contribution in [0.3, 0.4) is 0 Å². The molecule has 22 heavy (non-hydrogen) atoms. The van der Waals surface area contributed by atoms with Gasteiger partial charge in [-0.3, -0.25) is 4.79 Å². The summed E-state index contributed by atoms with van der Waals surface area (Å²) in [6, 6.07) is 3.98. The summed E-state index contributed by atoms with van der Waals surface area (Å²) in [5.41, 5.74) is 0. The van der Waals surface area contributed by atoms with E-state index in [1.165, 1.54) is 28.2 Å². The molecule has 1 amide bonds. The van der Waals surface area contributed by atoms with Gasteiger partial charge in [0.05, 0.1) is 10.8 Å². The lowest BCUT2D eigenvalue weighted by Crippen LogP contribution is -2.47. The number of hydrogen-bond acceptors (Lipinski definition) is 4. The Labute approximate surface area is 133 Å². The molecule has 0 aromatic heterocycles. The minimum absolute atomic E-state index is 0.0105. The van der Waals surface area contributed by atoms with Gasteiger partial charge in [0.25, 0.3) is 0 Å². The van der Waals surface area contributed by atoms with Gasteiger partial charge in [0.2, 0.25) is 15.9 Å². The maximum atomic E-state index is 13.0. The van der Waals surface area contributed by atoms with Gasteiger partial charge in [0, 0.05) is 12.3 Å². The fraction of sp³-hybridized carbons (Fsp3) is 0.500. The average Bonchev–Trinajstić information content (AvgIpc) is 3.18. The van der Waals surface area contributed by atoms with Crippen LogP contribution in [0.5, 0.6) is 0 Å². The van der Waals surface area contributed by atoms with Crippen molar-refractivity contribution in [2.75, 3.05) is 18.2 Å². The number of benzene rings is 1. The number of halogens is 1. The molecule has 1 heterocycles. The van der Waals surface area contributed by atoms with E-state index in [0.29, 0.717) is 18.2 Å². The quantitative estimate of drug-likeness (QED) is 0.877. The molecule has 1 aliphatic carbocycles. The molecule has 1 aromatic carbocycles. The molecule has 120 valence electrons. The molecule has 8 heteroatoms. The van der Waals surface area contributed by atoms with E-state index in [1.54, 1.807) is 0 Å². The summed E-state index contributed by atoms with van der Waals surface area (Å²) in [6.45, 7) is 0.616. The summed E-state index contributed by atoms with van der Waals surface area (Å²) in [4.78, 5) is 12.2. The lowest BCUT2D eigenvalue weighted by molar-refractivity contribution is -0.123. The highest BCUT2D eigenvalue weighted by Gasteiger charge is 2.40. The van der Waals surface area contributed by atoms with Crippen LogP contribution in [0.15, 0.2) is 29.2 Å². The van der Waals surface area contributed by atoms with Crippen molar-refractivity contribution in [1.82, 2.24) is 9.62 Å². The van der Waals surface area contributed by atoms with Crippen molar-refractivity contribution >= 4 is 27.7 Å². The standard InChI is InChI=1S/C14H17FN2O3S2/c15-11-3-5-12(6-4-11)22(19,20)17-9-21-8-13(17)14(18)16-7-10-1-2-10/h3-6,10,13H,1-2,7-9H2,(H,16,18). The van der Waals surface area contributed by atoms with Crippen LogP contribution >= 0.6 is 11.8 Å². The Balaban J connectivity index is 1.75. The predicted octanol–water partition coefficient (Wildman–Crippen LogP) is 1.42. The summed E-state index contributed by atoms with van der Waals surface area (Å²) in [6.07, 6.45) is 2.24. The first kappa shape index (κ1) is 15.8. The third-order valence-electron chi connectivity index (χ3n) is 3.83. The summed E-state index contributed by atoms with van der Waals surface area (Å²) < 4.78 is 39.4. The van der Waals surface area contributed by atoms with Gasteiger partial charge >= 0.3 is 0 Å². The number of rotatable bonds is 5. The molecular weight excluding hydrogens is 327 g/mol. The smallest absolute Gasteiger partial charge is 0.244 e. The molecule has 1 N–H and O–H groups in total. The van der Waals surface area contributed by atoms with Crippen LogP contribution < -0.4 is 5.32 Å². The second kappa shape index (κ2) is 6.17. The van der Waals surface area contributed by atoms with Crippen LogP contribution in [0.1, 0.15) is 12.8 Å². The zero-order valence-electron chi connectivity index (χ0n) is 11.9. The Kier molecular flexibility index (Phi) is 4.42. The van der Waals surface area contributed by atoms with E-state index >= 15 is 0 Å². The minimum Gasteiger partial charge on any atom is -0.354 e. The van der Waals surface area contributed by atoms with E-state index in [2.05, 4.69) is 5.32 Å². The number of amides is 1. The van der Waals surface area contributed by atoms with Crippen molar-refractivity contribution in [3.63, 3.8) is 0 Å². The molecule has 1 aromatic rings. The van der Waals surface area contributed by atoms with Crippen molar-refractivity contribution < 1.29 is 17.6 Å². The molecule has 1 saturated carbocycles. The molecule has 1 saturated heterocycles. The number of hydrogen-bond donors (Lipinski definition) is 1. The zero-order valence-corrected chi connectivity index (χ0v) is 13.5. The topological polar surface area (TPSA) is 66.5 Å². The molecule has 1 aliphatic heterocycles. The van der Waals surface area contributed by atoms with Crippen LogP contribution in [-0.2, 0) is 14.8 Å². The number of nitrogens with zero attached hydrogens (tertiary/aromatic N) is 1. The van der Waals surface area contributed by atoms with Gasteiger partial charge in [-0.25, -0.2) is 12.8 Å². The van der Waals surface area contributed by atoms with Crippen LogP contribution in [-0.4, -0.2) is 42.8 Å². The molecule has 2 aliphatic rings. The second-order valence-corrected chi connectivity index (χ2v) is 8.44. The van der Waals surface area contributed by atoms with Crippen molar-refractivity contribution in [1.29, 1.82) is 0 Å². The van der Waals surface area contributed by atoms with Crippen molar-refractivity contribution in [3.05, 3.63) is 30.1 Å². The normalized spacial score (nSPS) is 22.7. The summed E-state index contributed by atoms with van der Waals surface area (Å²) in [7, 11) is -3.79. The average molecular weight is 344 g/mol. The minimum atomic E-state index is -3.79. The third-order valence-corrected chi connectivity index (χ3v) is 6.87. The van der Waals surface area contributed by atoms with E-state index in [4.69, 9.17) is 0 Å². The largest absolute Gasteiger partial charge is 0.354 e. The Morgan fingerprint density at radius 3 is 2.64 bits per heavy atom. The second-order valence-electron chi connectivity index (χ2n) is 5.55. The molecule has 2 fully saturated rings. The van der Waals surface area contributed by atoms with Crippen molar-refractivity contribution in [3.8, 4) is 0 Å². The molecule has 3 rings (SSSR count). The molecule has 0 bridgehead atoms. The SMILES string of the molecule is O=C(NCC1CC1)C1CSCN1S(=O)(=O)c1ccc(F)cc1. The first-order valence-electron chi connectivity index (χ1n) is 7.11. The highest BCUT2D eigenvalue weighted by atomic mass is 32.2. The molecule has 1 unspecified atom stereocenters. The van der Waals surface area contributed by atoms with E-state index in [-0.39, 0.29) is 16.7 Å². The van der Waals surface area contributed by atoms with Gasteiger partial charge in [-0.1, -0.05) is 0 Å².